The Morgan fingerprint density at radius 3 is 2.44 bits per heavy atom. The number of benzene rings is 2. The van der Waals surface area contributed by atoms with Crippen molar-refractivity contribution in [3.63, 3.8) is 0 Å². The van der Waals surface area contributed by atoms with Crippen molar-refractivity contribution in [2.45, 2.75) is 52.1 Å². The Morgan fingerprint density at radius 2 is 1.78 bits per heavy atom. The normalized spacial score (nSPS) is 16.0. The lowest BCUT2D eigenvalue weighted by Crippen LogP contribution is -2.45. The smallest absolute Gasteiger partial charge is 0.224 e. The van der Waals surface area contributed by atoms with Gasteiger partial charge in [-0.2, -0.15) is 0 Å². The summed E-state index contributed by atoms with van der Waals surface area (Å²) in [6, 6.07) is 10.8. The van der Waals surface area contributed by atoms with E-state index in [9.17, 15) is 9.18 Å². The molecule has 6 heteroatoms. The van der Waals surface area contributed by atoms with Crippen LogP contribution in [0.1, 0.15) is 48.1 Å². The van der Waals surface area contributed by atoms with E-state index in [0.717, 1.165) is 37.2 Å². The molecule has 1 unspecified atom stereocenters. The minimum absolute atomic E-state index is 0.00126. The second-order valence-corrected chi connectivity index (χ2v) is 8.60. The number of nitrogens with one attached hydrogen (secondary N) is 1. The average Bonchev–Trinajstić information content (AvgIpc) is 2.78. The number of rotatable bonds is 9. The zero-order chi connectivity index (χ0) is 23.1. The molecule has 0 bridgehead atoms. The van der Waals surface area contributed by atoms with Crippen molar-refractivity contribution in [3.05, 3.63) is 64.5 Å². The van der Waals surface area contributed by atoms with Gasteiger partial charge in [-0.3, -0.25) is 9.69 Å². The minimum Gasteiger partial charge on any atom is -0.491 e. The fourth-order valence-electron chi connectivity index (χ4n) is 4.35. The molecular formula is C26H35FN2O3. The maximum absolute atomic E-state index is 13.0. The summed E-state index contributed by atoms with van der Waals surface area (Å²) in [6.07, 6.45) is 2.14. The van der Waals surface area contributed by atoms with Gasteiger partial charge < -0.3 is 14.8 Å². The number of ether oxygens (including phenoxy) is 2. The van der Waals surface area contributed by atoms with Crippen LogP contribution in [-0.4, -0.2) is 50.3 Å². The van der Waals surface area contributed by atoms with Crippen LogP contribution in [0.3, 0.4) is 0 Å². The number of nitrogens with zero attached hydrogens (tertiary/aromatic N) is 1. The minimum atomic E-state index is -0.283. The summed E-state index contributed by atoms with van der Waals surface area (Å²) in [6.45, 7) is 9.52. The first-order valence-corrected chi connectivity index (χ1v) is 11.4. The highest BCUT2D eigenvalue weighted by Gasteiger charge is 2.26. The van der Waals surface area contributed by atoms with Gasteiger partial charge in [0.15, 0.2) is 0 Å². The molecule has 174 valence electrons. The molecule has 5 nitrogen and oxygen atoms in total. The monoisotopic (exact) mass is 442 g/mol. The SMILES string of the molecule is COCCOc1ccc(C(C)N2CCC(NC(=O)Cc3ccc(F)cc3)CC2)c(C)c1C. The fraction of sp³-hybridized carbons (Fsp3) is 0.500. The number of halogens is 1. The molecule has 1 aliphatic heterocycles. The molecule has 0 aromatic heterocycles. The van der Waals surface area contributed by atoms with Crippen LogP contribution in [-0.2, 0) is 16.0 Å². The van der Waals surface area contributed by atoms with Gasteiger partial charge in [0.05, 0.1) is 13.0 Å². The standard InChI is InChI=1S/C26H35FN2O3/c1-18-19(2)25(32-16-15-31-4)10-9-24(18)20(3)29-13-11-23(12-14-29)28-26(30)17-21-5-7-22(27)8-6-21/h5-10,20,23H,11-17H2,1-4H3,(H,28,30). The predicted molar refractivity (Wildman–Crippen MR) is 125 cm³/mol. The van der Waals surface area contributed by atoms with Gasteiger partial charge in [0, 0.05) is 32.3 Å². The van der Waals surface area contributed by atoms with E-state index in [4.69, 9.17) is 9.47 Å². The van der Waals surface area contributed by atoms with Gasteiger partial charge in [-0.05, 0) is 74.1 Å². The molecule has 1 amide bonds. The first-order valence-electron chi connectivity index (χ1n) is 11.4. The Labute approximate surface area is 190 Å². The number of piperidine rings is 1. The molecule has 1 N–H and O–H groups in total. The van der Waals surface area contributed by atoms with Crippen molar-refractivity contribution in [3.8, 4) is 5.75 Å². The van der Waals surface area contributed by atoms with E-state index in [1.807, 2.05) is 0 Å². The van der Waals surface area contributed by atoms with Crippen LogP contribution in [0.5, 0.6) is 5.75 Å². The third-order valence-corrected chi connectivity index (χ3v) is 6.49. The molecular weight excluding hydrogens is 407 g/mol. The number of amides is 1. The summed E-state index contributed by atoms with van der Waals surface area (Å²) in [4.78, 5) is 14.9. The van der Waals surface area contributed by atoms with E-state index in [0.29, 0.717) is 19.3 Å². The second-order valence-electron chi connectivity index (χ2n) is 8.60. The summed E-state index contributed by atoms with van der Waals surface area (Å²) in [5, 5.41) is 3.15. The van der Waals surface area contributed by atoms with E-state index in [-0.39, 0.29) is 24.2 Å². The van der Waals surface area contributed by atoms with Crippen LogP contribution in [0.2, 0.25) is 0 Å². The molecule has 1 heterocycles. The van der Waals surface area contributed by atoms with Gasteiger partial charge in [-0.1, -0.05) is 18.2 Å². The van der Waals surface area contributed by atoms with E-state index in [1.54, 1.807) is 19.2 Å². The molecule has 1 atom stereocenters. The number of carbonyl (C=O) groups excluding carboxylic acids is 1. The van der Waals surface area contributed by atoms with E-state index in [2.05, 4.69) is 43.1 Å². The summed E-state index contributed by atoms with van der Waals surface area (Å²) in [5.74, 6) is 0.631. The molecule has 0 saturated carbocycles. The molecule has 0 radical (unpaired) electrons. The van der Waals surface area contributed by atoms with Crippen LogP contribution in [0.4, 0.5) is 4.39 Å². The van der Waals surface area contributed by atoms with Gasteiger partial charge in [0.1, 0.15) is 18.2 Å². The summed E-state index contributed by atoms with van der Waals surface area (Å²) >= 11 is 0. The number of methoxy groups -OCH3 is 1. The van der Waals surface area contributed by atoms with Crippen LogP contribution < -0.4 is 10.1 Å². The lowest BCUT2D eigenvalue weighted by Gasteiger charge is -2.37. The topological polar surface area (TPSA) is 50.8 Å². The third kappa shape index (κ3) is 6.30. The van der Waals surface area contributed by atoms with Crippen molar-refractivity contribution >= 4 is 5.91 Å². The van der Waals surface area contributed by atoms with Gasteiger partial charge in [-0.25, -0.2) is 4.39 Å². The van der Waals surface area contributed by atoms with Gasteiger partial charge >= 0.3 is 0 Å². The highest BCUT2D eigenvalue weighted by atomic mass is 19.1. The lowest BCUT2D eigenvalue weighted by molar-refractivity contribution is -0.121. The molecule has 2 aromatic carbocycles. The van der Waals surface area contributed by atoms with Gasteiger partial charge in [0.25, 0.3) is 0 Å². The van der Waals surface area contributed by atoms with Gasteiger partial charge in [-0.15, -0.1) is 0 Å². The lowest BCUT2D eigenvalue weighted by atomic mass is 9.94. The molecule has 1 fully saturated rings. The maximum Gasteiger partial charge on any atom is 0.224 e. The van der Waals surface area contributed by atoms with E-state index >= 15 is 0 Å². The first kappa shape index (κ1) is 24.2. The highest BCUT2D eigenvalue weighted by molar-refractivity contribution is 5.78. The third-order valence-electron chi connectivity index (χ3n) is 6.49. The zero-order valence-corrected chi connectivity index (χ0v) is 19.6. The maximum atomic E-state index is 13.0. The number of hydrogen-bond acceptors (Lipinski definition) is 4. The van der Waals surface area contributed by atoms with Crippen molar-refractivity contribution in [2.24, 2.45) is 0 Å². The quantitative estimate of drug-likeness (QED) is 0.587. The average molecular weight is 443 g/mol. The largest absolute Gasteiger partial charge is 0.491 e. The molecule has 32 heavy (non-hydrogen) atoms. The predicted octanol–water partition coefficient (Wildman–Crippen LogP) is 4.35. The zero-order valence-electron chi connectivity index (χ0n) is 19.6. The van der Waals surface area contributed by atoms with E-state index < -0.39 is 0 Å². The van der Waals surface area contributed by atoms with Crippen molar-refractivity contribution in [1.82, 2.24) is 10.2 Å². The molecule has 2 aromatic rings. The fourth-order valence-corrected chi connectivity index (χ4v) is 4.35. The van der Waals surface area contributed by atoms with Crippen LogP contribution in [0.25, 0.3) is 0 Å². The molecule has 0 aliphatic carbocycles. The Bertz CT molecular complexity index is 893. The number of likely N-dealkylation sites (tertiary alicyclic amines) is 1. The van der Waals surface area contributed by atoms with Crippen LogP contribution in [0.15, 0.2) is 36.4 Å². The van der Waals surface area contributed by atoms with Crippen molar-refractivity contribution < 1.29 is 18.7 Å². The van der Waals surface area contributed by atoms with Crippen molar-refractivity contribution in [1.29, 1.82) is 0 Å². The molecule has 1 aliphatic rings. The highest BCUT2D eigenvalue weighted by Crippen LogP contribution is 2.32. The Balaban J connectivity index is 1.51. The van der Waals surface area contributed by atoms with Crippen LogP contribution in [0, 0.1) is 19.7 Å². The van der Waals surface area contributed by atoms with Crippen LogP contribution >= 0.6 is 0 Å². The summed E-state index contributed by atoms with van der Waals surface area (Å²) in [7, 11) is 1.67. The Kier molecular flexibility index (Phi) is 8.65. The Morgan fingerprint density at radius 1 is 1.09 bits per heavy atom. The van der Waals surface area contributed by atoms with E-state index in [1.165, 1.54) is 28.8 Å². The number of hydrogen-bond donors (Lipinski definition) is 1. The van der Waals surface area contributed by atoms with Crippen molar-refractivity contribution in [2.75, 3.05) is 33.4 Å². The summed E-state index contributed by atoms with van der Waals surface area (Å²) in [5.41, 5.74) is 4.59. The molecule has 0 spiro atoms. The second kappa shape index (κ2) is 11.4. The summed E-state index contributed by atoms with van der Waals surface area (Å²) < 4.78 is 23.9. The van der Waals surface area contributed by atoms with Gasteiger partial charge in [0.2, 0.25) is 5.91 Å². The molecule has 1 saturated heterocycles. The molecule has 3 rings (SSSR count). The Hall–Kier alpha value is -2.44. The number of carbonyl (C=O) groups is 1. The first-order chi connectivity index (χ1) is 15.4.